The molecule has 2 aliphatic rings. The summed E-state index contributed by atoms with van der Waals surface area (Å²) in [7, 11) is -3.75. The minimum atomic E-state index is -3.75. The molecule has 2 aliphatic carbocycles. The maximum absolute atomic E-state index is 11.5. The predicted molar refractivity (Wildman–Crippen MR) is 127 cm³/mol. The standard InChI is InChI=1S/C25H44O7Si/c1-5-6-8-22-9-11-23(12-10-22)24-13-15-25(16-14-24)29-17-7-18-33(30-19(2)26,31-20(3)27)32-21(4)28/h22-25H,5-18H2,1-4H3/t22-,23-,24-,25-. The third kappa shape index (κ3) is 10.2. The summed E-state index contributed by atoms with van der Waals surface area (Å²) in [5, 5.41) is 0. The second-order valence-corrected chi connectivity index (χ2v) is 12.4. The summed E-state index contributed by atoms with van der Waals surface area (Å²) >= 11 is 0. The zero-order valence-electron chi connectivity index (χ0n) is 21.1. The second-order valence-electron chi connectivity index (χ2n) is 9.90. The topological polar surface area (TPSA) is 88.1 Å². The number of carbonyl (C=O) groups is 3. The van der Waals surface area contributed by atoms with E-state index in [2.05, 4.69) is 6.92 Å². The van der Waals surface area contributed by atoms with Gasteiger partial charge in [-0.1, -0.05) is 39.0 Å². The first-order valence-corrected chi connectivity index (χ1v) is 14.9. The summed E-state index contributed by atoms with van der Waals surface area (Å²) in [5.74, 6) is 0.788. The molecule has 0 aromatic carbocycles. The molecule has 0 N–H and O–H groups in total. The smallest absolute Gasteiger partial charge is 0.455 e. The van der Waals surface area contributed by atoms with Crippen LogP contribution in [0.1, 0.15) is 105 Å². The van der Waals surface area contributed by atoms with E-state index in [1.54, 1.807) is 0 Å². The van der Waals surface area contributed by atoms with Crippen LogP contribution in [-0.4, -0.2) is 39.4 Å². The highest BCUT2D eigenvalue weighted by Gasteiger charge is 2.51. The normalized spacial score (nSPS) is 25.8. The summed E-state index contributed by atoms with van der Waals surface area (Å²) in [4.78, 5) is 34.6. The molecule has 0 bridgehead atoms. The largest absolute Gasteiger partial charge is 0.705 e. The fourth-order valence-corrected chi connectivity index (χ4v) is 7.90. The Morgan fingerprint density at radius 1 is 0.727 bits per heavy atom. The molecule has 2 saturated carbocycles. The summed E-state index contributed by atoms with van der Waals surface area (Å²) in [6.07, 6.45) is 15.1. The van der Waals surface area contributed by atoms with E-state index >= 15 is 0 Å². The number of hydrogen-bond donors (Lipinski definition) is 0. The molecule has 0 radical (unpaired) electrons. The molecular weight excluding hydrogens is 440 g/mol. The van der Waals surface area contributed by atoms with E-state index < -0.39 is 26.7 Å². The highest BCUT2D eigenvalue weighted by atomic mass is 28.4. The molecular formula is C25H44O7Si. The first kappa shape index (κ1) is 27.8. The average Bonchev–Trinajstić information content (AvgIpc) is 2.74. The molecule has 0 aromatic heterocycles. The van der Waals surface area contributed by atoms with Gasteiger partial charge < -0.3 is 18.0 Å². The van der Waals surface area contributed by atoms with Gasteiger partial charge in [0.25, 0.3) is 17.9 Å². The van der Waals surface area contributed by atoms with Crippen molar-refractivity contribution in [2.24, 2.45) is 17.8 Å². The number of hydrogen-bond acceptors (Lipinski definition) is 7. The van der Waals surface area contributed by atoms with Crippen molar-refractivity contribution in [3.05, 3.63) is 0 Å². The monoisotopic (exact) mass is 484 g/mol. The van der Waals surface area contributed by atoms with Gasteiger partial charge in [-0.2, -0.15) is 0 Å². The van der Waals surface area contributed by atoms with Gasteiger partial charge in [-0.3, -0.25) is 14.4 Å². The van der Waals surface area contributed by atoms with Gasteiger partial charge in [-0.25, -0.2) is 0 Å². The van der Waals surface area contributed by atoms with Crippen LogP contribution in [0, 0.1) is 17.8 Å². The zero-order valence-corrected chi connectivity index (χ0v) is 22.1. The van der Waals surface area contributed by atoms with E-state index in [0.717, 1.165) is 30.6 Å². The van der Waals surface area contributed by atoms with Crippen LogP contribution in [0.4, 0.5) is 0 Å². The van der Waals surface area contributed by atoms with Gasteiger partial charge in [0, 0.05) is 27.4 Å². The van der Waals surface area contributed by atoms with Crippen LogP contribution in [0.3, 0.4) is 0 Å². The second kappa shape index (κ2) is 14.1. The van der Waals surface area contributed by atoms with Crippen molar-refractivity contribution < 1.29 is 32.4 Å². The fraction of sp³-hybridized carbons (Fsp3) is 0.880. The van der Waals surface area contributed by atoms with Gasteiger partial charge in [-0.15, -0.1) is 0 Å². The number of unbranched alkanes of at least 4 members (excludes halogenated alkanes) is 1. The molecule has 0 aliphatic heterocycles. The molecule has 0 saturated heterocycles. The molecule has 8 heteroatoms. The molecule has 190 valence electrons. The van der Waals surface area contributed by atoms with Crippen molar-refractivity contribution in [3.63, 3.8) is 0 Å². The summed E-state index contributed by atoms with van der Waals surface area (Å²) < 4.78 is 21.8. The molecule has 0 unspecified atom stereocenters. The van der Waals surface area contributed by atoms with Gasteiger partial charge in [0.1, 0.15) is 0 Å². The lowest BCUT2D eigenvalue weighted by atomic mass is 9.70. The van der Waals surface area contributed by atoms with E-state index in [9.17, 15) is 14.4 Å². The molecule has 0 aromatic rings. The lowest BCUT2D eigenvalue weighted by molar-refractivity contribution is -0.147. The Labute approximate surface area is 200 Å². The molecule has 33 heavy (non-hydrogen) atoms. The van der Waals surface area contributed by atoms with Crippen molar-refractivity contribution in [2.45, 2.75) is 117 Å². The summed E-state index contributed by atoms with van der Waals surface area (Å²) in [5.41, 5.74) is 0. The minimum absolute atomic E-state index is 0.169. The Balaban J connectivity index is 1.71. The highest BCUT2D eigenvalue weighted by molar-refractivity contribution is 6.65. The highest BCUT2D eigenvalue weighted by Crippen LogP contribution is 2.41. The van der Waals surface area contributed by atoms with Crippen LogP contribution in [0.25, 0.3) is 0 Å². The lowest BCUT2D eigenvalue weighted by Gasteiger charge is -2.38. The van der Waals surface area contributed by atoms with Gasteiger partial charge in [0.05, 0.1) is 12.1 Å². The number of carbonyl (C=O) groups excluding carboxylic acids is 3. The Hall–Kier alpha value is -1.41. The molecule has 2 fully saturated rings. The molecule has 2 rings (SSSR count). The van der Waals surface area contributed by atoms with E-state index in [1.807, 2.05) is 0 Å². The Bertz CT molecular complexity index is 581. The van der Waals surface area contributed by atoms with E-state index in [1.165, 1.54) is 78.6 Å². The van der Waals surface area contributed by atoms with Gasteiger partial charge >= 0.3 is 8.80 Å². The lowest BCUT2D eigenvalue weighted by Crippen LogP contribution is -2.49. The summed E-state index contributed by atoms with van der Waals surface area (Å²) in [6, 6.07) is 0.169. The minimum Gasteiger partial charge on any atom is -0.455 e. The van der Waals surface area contributed by atoms with Gasteiger partial charge in [0.15, 0.2) is 0 Å². The number of ether oxygens (including phenoxy) is 1. The molecule has 0 spiro atoms. The Kier molecular flexibility index (Phi) is 11.9. The third-order valence-electron chi connectivity index (χ3n) is 7.12. The molecule has 0 atom stereocenters. The van der Waals surface area contributed by atoms with Crippen LogP contribution in [0.15, 0.2) is 0 Å². The SMILES string of the molecule is CCCC[C@H]1CC[C@H]([C@H]2CC[C@H](OCCC[Si](OC(C)=O)(OC(C)=O)OC(C)=O)CC2)CC1. The quantitative estimate of drug-likeness (QED) is 0.264. The van der Waals surface area contributed by atoms with Crippen LogP contribution in [0.5, 0.6) is 0 Å². The molecule has 7 nitrogen and oxygen atoms in total. The predicted octanol–water partition coefficient (Wildman–Crippen LogP) is 5.58. The maximum Gasteiger partial charge on any atom is 0.705 e. The van der Waals surface area contributed by atoms with E-state index in [0.29, 0.717) is 13.0 Å². The fourth-order valence-electron chi connectivity index (χ4n) is 5.58. The van der Waals surface area contributed by atoms with Crippen molar-refractivity contribution in [2.75, 3.05) is 6.61 Å². The van der Waals surface area contributed by atoms with Crippen LogP contribution in [0.2, 0.25) is 6.04 Å². The van der Waals surface area contributed by atoms with Crippen molar-refractivity contribution in [3.8, 4) is 0 Å². The first-order valence-electron chi connectivity index (χ1n) is 12.9. The maximum atomic E-state index is 11.5. The Morgan fingerprint density at radius 2 is 1.21 bits per heavy atom. The summed E-state index contributed by atoms with van der Waals surface area (Å²) in [6.45, 7) is 6.37. The molecule has 0 heterocycles. The van der Waals surface area contributed by atoms with Gasteiger partial charge in [-0.05, 0) is 62.7 Å². The average molecular weight is 485 g/mol. The van der Waals surface area contributed by atoms with E-state index in [-0.39, 0.29) is 12.1 Å². The van der Waals surface area contributed by atoms with Crippen molar-refractivity contribution in [1.82, 2.24) is 0 Å². The molecule has 0 amide bonds. The number of rotatable bonds is 12. The van der Waals surface area contributed by atoms with Gasteiger partial charge in [0.2, 0.25) is 0 Å². The van der Waals surface area contributed by atoms with Crippen LogP contribution < -0.4 is 0 Å². The van der Waals surface area contributed by atoms with Crippen molar-refractivity contribution >= 4 is 26.7 Å². The van der Waals surface area contributed by atoms with Crippen LogP contribution >= 0.6 is 0 Å². The van der Waals surface area contributed by atoms with Crippen LogP contribution in [-0.2, 0) is 32.4 Å². The third-order valence-corrected chi connectivity index (χ3v) is 9.88. The van der Waals surface area contributed by atoms with Crippen molar-refractivity contribution in [1.29, 1.82) is 0 Å². The van der Waals surface area contributed by atoms with E-state index in [4.69, 9.17) is 18.0 Å². The first-order chi connectivity index (χ1) is 15.7. The zero-order chi connectivity index (χ0) is 24.3. The Morgan fingerprint density at radius 3 is 1.67 bits per heavy atom.